The van der Waals surface area contributed by atoms with Gasteiger partial charge in [0.05, 0.1) is 33.1 Å². The molecule has 89 heavy (non-hydrogen) atoms. The topological polar surface area (TPSA) is 19.7 Å². The number of benzene rings is 13. The van der Waals surface area contributed by atoms with Crippen LogP contribution < -0.4 is 32.8 Å². The molecule has 4 aliphatic heterocycles. The van der Waals surface area contributed by atoms with E-state index >= 15 is 0 Å². The summed E-state index contributed by atoms with van der Waals surface area (Å²) in [5.74, 6) is 0. The highest BCUT2D eigenvalue weighted by Crippen LogP contribution is 2.51. The summed E-state index contributed by atoms with van der Waals surface area (Å²) in [6.45, 7) is 7.56. The highest BCUT2D eigenvalue weighted by molar-refractivity contribution is 7.00. The molecule has 0 bridgehead atoms. The molecule has 0 N–H and O–H groups in total. The summed E-state index contributed by atoms with van der Waals surface area (Å²) < 4.78 is 10.2. The van der Waals surface area contributed by atoms with Gasteiger partial charge in [0, 0.05) is 87.7 Å². The summed E-state index contributed by atoms with van der Waals surface area (Å²) in [5, 5.41) is 10.4. The Bertz CT molecular complexity index is 6040. The van der Waals surface area contributed by atoms with Crippen molar-refractivity contribution in [2.45, 2.75) is 31.6 Å². The molecule has 0 aliphatic carbocycles. The van der Waals surface area contributed by atoms with Crippen LogP contribution in [0.3, 0.4) is 0 Å². The number of fused-ring (bicyclic) bond motifs is 22. The second kappa shape index (κ2) is 16.8. The van der Waals surface area contributed by atoms with E-state index in [0.717, 1.165) is 5.69 Å². The van der Waals surface area contributed by atoms with E-state index in [1.165, 1.54) is 176 Å². The third kappa shape index (κ3) is 5.80. The van der Waals surface area contributed by atoms with E-state index in [-0.39, 0.29) is 18.8 Å². The first-order valence-electron chi connectivity index (χ1n) is 31.6. The van der Waals surface area contributed by atoms with Crippen LogP contribution in [0.5, 0.6) is 0 Å². The first-order valence-corrected chi connectivity index (χ1v) is 31.6. The van der Waals surface area contributed by atoms with E-state index < -0.39 is 5.41 Å². The maximum atomic E-state index is 2.64. The first-order chi connectivity index (χ1) is 43.9. The zero-order valence-electron chi connectivity index (χ0n) is 49.4. The third-order valence-electron chi connectivity index (χ3n) is 21.9. The van der Waals surface area contributed by atoms with Crippen LogP contribution in [0.25, 0.3) is 121 Å². The molecule has 1 unspecified atom stereocenters. The van der Waals surface area contributed by atoms with Gasteiger partial charge in [-0.05, 0) is 141 Å². The Hall–Kier alpha value is -10.8. The fourth-order valence-electron chi connectivity index (χ4n) is 18.5. The number of hydrogen-bond donors (Lipinski definition) is 0. The van der Waals surface area contributed by atoms with Crippen LogP contribution in [0.15, 0.2) is 273 Å². The second-order valence-electron chi connectivity index (χ2n) is 26.3. The normalized spacial score (nSPS) is 15.7. The molecule has 17 aromatic rings. The Morgan fingerprint density at radius 1 is 0.303 bits per heavy atom. The Morgan fingerprint density at radius 2 is 0.787 bits per heavy atom. The van der Waals surface area contributed by atoms with Gasteiger partial charge in [-0.1, -0.05) is 225 Å². The number of hydrogen-bond acceptors (Lipinski definition) is 0. The van der Waals surface area contributed by atoms with E-state index in [2.05, 4.69) is 312 Å². The van der Waals surface area contributed by atoms with Gasteiger partial charge in [0.2, 0.25) is 13.4 Å². The zero-order chi connectivity index (χ0) is 58.3. The Labute approximate surface area is 514 Å². The van der Waals surface area contributed by atoms with Crippen LogP contribution in [-0.2, 0) is 10.8 Å². The smallest absolute Gasteiger partial charge is 0.247 e. The van der Waals surface area contributed by atoms with Crippen molar-refractivity contribution in [2.24, 2.45) is 0 Å². The van der Waals surface area contributed by atoms with Crippen molar-refractivity contribution in [3.05, 3.63) is 301 Å². The predicted octanol–water partition coefficient (Wildman–Crippen LogP) is 15.7. The van der Waals surface area contributed by atoms with Crippen molar-refractivity contribution in [3.63, 3.8) is 0 Å². The van der Waals surface area contributed by atoms with Gasteiger partial charge in [-0.3, -0.25) is 0 Å². The van der Waals surface area contributed by atoms with Crippen LogP contribution in [-0.4, -0.2) is 31.7 Å². The Kier molecular flexibility index (Phi) is 9.14. The molecule has 412 valence electrons. The van der Waals surface area contributed by atoms with Crippen LogP contribution in [0.4, 0.5) is 0 Å². The van der Waals surface area contributed by atoms with Crippen molar-refractivity contribution in [1.82, 2.24) is 18.3 Å². The lowest BCUT2D eigenvalue weighted by Crippen LogP contribution is -2.64. The van der Waals surface area contributed by atoms with Gasteiger partial charge in [-0.15, -0.1) is 0 Å². The van der Waals surface area contributed by atoms with Crippen LogP contribution in [0.1, 0.15) is 48.6 Å². The molecule has 21 rings (SSSR count). The standard InChI is InChI=1S/C83H54B2N4/c1-82(2)59-33-20-40-70-78(59)84(63-35-17-31-55-54-28-13-15-37-65(54)88(70)80(55)63)61-44-46-68-74(76(61)82)57-43-42-49(48-72(57)87(68)52-26-11-6-12-27-52)53-30-19-39-67-73(53)58-32-18-36-64-81(58)89(67)71-41-21-34-60-79(71)85(64)62-45-47-69-75(77(62)83(60,3)50-22-7-4-8-23-50)56-29-14-16-38-66(56)86(69)51-24-9-5-10-25-51/h4-48H,1-3H3. The lowest BCUT2D eigenvalue weighted by Gasteiger charge is -2.44. The average molecular weight is 1130 g/mol. The van der Waals surface area contributed by atoms with Crippen molar-refractivity contribution < 1.29 is 0 Å². The van der Waals surface area contributed by atoms with E-state index in [9.17, 15) is 0 Å². The summed E-state index contributed by atoms with van der Waals surface area (Å²) in [4.78, 5) is 0. The van der Waals surface area contributed by atoms with Crippen molar-refractivity contribution >= 4 is 133 Å². The lowest BCUT2D eigenvalue weighted by molar-refractivity contribution is 0.652. The first kappa shape index (κ1) is 48.3. The highest BCUT2D eigenvalue weighted by atomic mass is 15.0. The summed E-state index contributed by atoms with van der Waals surface area (Å²) in [6.07, 6.45) is 0. The lowest BCUT2D eigenvalue weighted by atomic mass is 9.30. The fourth-order valence-corrected chi connectivity index (χ4v) is 18.5. The predicted molar refractivity (Wildman–Crippen MR) is 376 cm³/mol. The van der Waals surface area contributed by atoms with Gasteiger partial charge in [0.25, 0.3) is 0 Å². The van der Waals surface area contributed by atoms with Crippen molar-refractivity contribution in [3.8, 4) is 33.9 Å². The molecular formula is C83H54B2N4. The monoisotopic (exact) mass is 1130 g/mol. The molecule has 1 atom stereocenters. The van der Waals surface area contributed by atoms with Gasteiger partial charge >= 0.3 is 0 Å². The molecule has 0 amide bonds. The summed E-state index contributed by atoms with van der Waals surface area (Å²) in [6, 6.07) is 104. The molecule has 0 radical (unpaired) electrons. The van der Waals surface area contributed by atoms with E-state index in [1.54, 1.807) is 0 Å². The molecule has 6 heteroatoms. The average Bonchev–Trinajstić information content (AvgIpc) is 1.67. The number of para-hydroxylation sites is 6. The molecule has 0 fully saturated rings. The summed E-state index contributed by atoms with van der Waals surface area (Å²) in [7, 11) is 0. The molecule has 0 saturated heterocycles. The molecule has 4 aromatic heterocycles. The molecular weight excluding hydrogens is 1070 g/mol. The second-order valence-corrected chi connectivity index (χ2v) is 26.3. The molecule has 13 aromatic carbocycles. The van der Waals surface area contributed by atoms with Crippen LogP contribution >= 0.6 is 0 Å². The van der Waals surface area contributed by atoms with E-state index in [0.29, 0.717) is 0 Å². The molecule has 0 saturated carbocycles. The van der Waals surface area contributed by atoms with Crippen molar-refractivity contribution in [2.75, 3.05) is 0 Å². The minimum absolute atomic E-state index is 0.00138. The van der Waals surface area contributed by atoms with Gasteiger partial charge in [0.15, 0.2) is 0 Å². The van der Waals surface area contributed by atoms with Gasteiger partial charge in [-0.25, -0.2) is 0 Å². The fraction of sp³-hybridized carbons (Fsp3) is 0.0602. The van der Waals surface area contributed by atoms with Gasteiger partial charge < -0.3 is 18.3 Å². The molecule has 8 heterocycles. The minimum Gasteiger partial charge on any atom is -0.310 e. The Balaban J connectivity index is 0.815. The van der Waals surface area contributed by atoms with Gasteiger partial charge in [0.1, 0.15) is 0 Å². The van der Waals surface area contributed by atoms with Gasteiger partial charge in [-0.2, -0.15) is 0 Å². The number of aromatic nitrogens is 4. The summed E-state index contributed by atoms with van der Waals surface area (Å²) >= 11 is 0. The zero-order valence-corrected chi connectivity index (χ0v) is 49.4. The van der Waals surface area contributed by atoms with Crippen molar-refractivity contribution in [1.29, 1.82) is 0 Å². The van der Waals surface area contributed by atoms with E-state index in [4.69, 9.17) is 0 Å². The number of nitrogens with zero attached hydrogens (tertiary/aromatic N) is 4. The largest absolute Gasteiger partial charge is 0.310 e. The van der Waals surface area contributed by atoms with Crippen LogP contribution in [0.2, 0.25) is 0 Å². The highest BCUT2D eigenvalue weighted by Gasteiger charge is 2.50. The maximum Gasteiger partial charge on any atom is 0.247 e. The quantitative estimate of drug-likeness (QED) is 0.157. The van der Waals surface area contributed by atoms with E-state index in [1.807, 2.05) is 0 Å². The minimum atomic E-state index is -0.498. The molecule has 4 aliphatic rings. The van der Waals surface area contributed by atoms with Crippen LogP contribution in [0, 0.1) is 0 Å². The maximum absolute atomic E-state index is 2.64. The SMILES string of the molecule is CC1(C)c2cccc3c2B(c2ccc4c(c21)c1ccc(-c2cccc5c2c2cccc6c2n5-c2cccc5c2B6c2ccc6c(c2C5(C)c2ccccc2)c2ccccc2n6-c2ccccc2)cc1n4-c1ccccc1)c1cccc2c4ccccc4n-3c12. The Morgan fingerprint density at radius 3 is 1.48 bits per heavy atom. The molecule has 0 spiro atoms. The number of rotatable bonds is 4. The third-order valence-corrected chi connectivity index (χ3v) is 21.9. The summed E-state index contributed by atoms with van der Waals surface area (Å²) in [5.41, 5.74) is 31.8. The molecule has 4 nitrogen and oxygen atoms in total.